The van der Waals surface area contributed by atoms with Crippen molar-refractivity contribution in [3.05, 3.63) is 34.9 Å². The lowest BCUT2D eigenvalue weighted by Gasteiger charge is -2.32. The Morgan fingerprint density at radius 3 is 2.28 bits per heavy atom. The second-order valence-corrected chi connectivity index (χ2v) is 11.4. The Hall–Kier alpha value is -1.35. The third kappa shape index (κ3) is 5.41. The lowest BCUT2D eigenvalue weighted by Crippen LogP contribution is -2.30. The van der Waals surface area contributed by atoms with Crippen molar-refractivity contribution in [3.63, 3.8) is 0 Å². The van der Waals surface area contributed by atoms with E-state index < -0.39 is 5.97 Å². The average Bonchev–Trinajstić information content (AvgIpc) is 3.65. The molecule has 4 aliphatic rings. The van der Waals surface area contributed by atoms with Crippen molar-refractivity contribution in [1.29, 1.82) is 0 Å². The highest BCUT2D eigenvalue weighted by atomic mass is 16.5. The highest BCUT2D eigenvalue weighted by molar-refractivity contribution is 5.68. The third-order valence-corrected chi connectivity index (χ3v) is 9.27. The molecule has 1 aliphatic heterocycles. The van der Waals surface area contributed by atoms with Gasteiger partial charge in [-0.3, -0.25) is 4.79 Å². The first-order valence-corrected chi connectivity index (χ1v) is 13.6. The largest absolute Gasteiger partial charge is 0.481 e. The summed E-state index contributed by atoms with van der Waals surface area (Å²) in [5.74, 6) is 2.74. The van der Waals surface area contributed by atoms with Crippen LogP contribution in [0.4, 0.5) is 0 Å². The summed E-state index contributed by atoms with van der Waals surface area (Å²) in [5.41, 5.74) is 4.00. The van der Waals surface area contributed by atoms with E-state index in [9.17, 15) is 9.90 Å². The van der Waals surface area contributed by atoms with Crippen LogP contribution in [0.25, 0.3) is 0 Å². The molecule has 3 saturated carbocycles. The Kier molecular flexibility index (Phi) is 7.21. The van der Waals surface area contributed by atoms with Gasteiger partial charge in [-0.2, -0.15) is 0 Å². The van der Waals surface area contributed by atoms with Crippen LogP contribution in [-0.2, 0) is 22.6 Å². The molecule has 0 aromatic heterocycles. The molecular formula is C29H42O3. The van der Waals surface area contributed by atoms with Gasteiger partial charge in [0.25, 0.3) is 0 Å². The van der Waals surface area contributed by atoms with Crippen molar-refractivity contribution in [3.8, 4) is 0 Å². The predicted molar refractivity (Wildman–Crippen MR) is 128 cm³/mol. The van der Waals surface area contributed by atoms with Gasteiger partial charge in [0.15, 0.2) is 0 Å². The summed E-state index contributed by atoms with van der Waals surface area (Å²) in [6.45, 7) is 0.732. The fourth-order valence-corrected chi connectivity index (χ4v) is 7.21. The minimum atomic E-state index is -0.664. The lowest BCUT2D eigenvalue weighted by molar-refractivity contribution is -0.137. The summed E-state index contributed by atoms with van der Waals surface area (Å²) in [6.07, 6.45) is 19.7. The van der Waals surface area contributed by atoms with E-state index in [1.807, 2.05) is 0 Å². The summed E-state index contributed by atoms with van der Waals surface area (Å²) >= 11 is 0. The van der Waals surface area contributed by atoms with E-state index in [4.69, 9.17) is 4.74 Å². The number of benzene rings is 1. The molecule has 1 N–H and O–H groups in total. The van der Waals surface area contributed by atoms with E-state index in [2.05, 4.69) is 18.2 Å². The number of aliphatic carboxylic acids is 1. The fraction of sp³-hybridized carbons (Fsp3) is 0.759. The third-order valence-electron chi connectivity index (χ3n) is 9.27. The topological polar surface area (TPSA) is 46.5 Å². The molecule has 176 valence electrons. The first-order valence-electron chi connectivity index (χ1n) is 13.6. The summed E-state index contributed by atoms with van der Waals surface area (Å²) in [4.78, 5) is 11.4. The fourth-order valence-electron chi connectivity index (χ4n) is 7.21. The van der Waals surface area contributed by atoms with Gasteiger partial charge >= 0.3 is 5.97 Å². The summed E-state index contributed by atoms with van der Waals surface area (Å²) < 4.78 is 6.43. The van der Waals surface area contributed by atoms with Crippen LogP contribution in [-0.4, -0.2) is 17.2 Å². The highest BCUT2D eigenvalue weighted by Gasteiger charge is 2.35. The molecule has 0 saturated heterocycles. The maximum atomic E-state index is 11.4. The van der Waals surface area contributed by atoms with Crippen LogP contribution in [0.2, 0.25) is 0 Å². The minimum Gasteiger partial charge on any atom is -0.481 e. The molecule has 0 radical (unpaired) electrons. The van der Waals surface area contributed by atoms with Crippen LogP contribution < -0.4 is 0 Å². The standard InChI is InChI=1S/C29H42O3/c30-29(31)18-27(22-11-12-22)24-14-15-25-19-32-28(17-26(25)16-24)23-9-5-8-21(10-13-23)20-6-3-1-2-4-7-20/h14-16,20-23,27-28H,1-13,17-19H2,(H,30,31). The second-order valence-electron chi connectivity index (χ2n) is 11.4. The van der Waals surface area contributed by atoms with Gasteiger partial charge in [0, 0.05) is 0 Å². The van der Waals surface area contributed by atoms with Gasteiger partial charge in [0.1, 0.15) is 0 Å². The van der Waals surface area contributed by atoms with E-state index in [1.54, 1.807) is 0 Å². The molecule has 1 heterocycles. The zero-order valence-corrected chi connectivity index (χ0v) is 19.8. The first-order chi connectivity index (χ1) is 15.7. The number of fused-ring (bicyclic) bond motifs is 1. The van der Waals surface area contributed by atoms with Crippen molar-refractivity contribution in [2.45, 2.75) is 115 Å². The molecule has 1 aromatic carbocycles. The molecule has 1 aromatic rings. The van der Waals surface area contributed by atoms with Gasteiger partial charge < -0.3 is 9.84 Å². The average molecular weight is 439 g/mol. The Labute approximate surface area is 194 Å². The van der Waals surface area contributed by atoms with Crippen LogP contribution in [0, 0.1) is 23.7 Å². The molecule has 4 atom stereocenters. The Bertz CT molecular complexity index is 775. The van der Waals surface area contributed by atoms with Gasteiger partial charge in [0.05, 0.1) is 19.1 Å². The number of hydrogen-bond acceptors (Lipinski definition) is 2. The van der Waals surface area contributed by atoms with Crippen LogP contribution >= 0.6 is 0 Å². The van der Waals surface area contributed by atoms with Gasteiger partial charge in [-0.15, -0.1) is 0 Å². The molecule has 0 spiro atoms. The normalized spacial score (nSPS) is 30.7. The molecule has 3 aliphatic carbocycles. The molecule has 32 heavy (non-hydrogen) atoms. The molecule has 0 bridgehead atoms. The number of hydrogen-bond donors (Lipinski definition) is 1. The van der Waals surface area contributed by atoms with Crippen molar-refractivity contribution in [2.24, 2.45) is 23.7 Å². The van der Waals surface area contributed by atoms with Gasteiger partial charge in [-0.25, -0.2) is 0 Å². The molecule has 4 unspecified atom stereocenters. The molecule has 3 nitrogen and oxygen atoms in total. The summed E-state index contributed by atoms with van der Waals surface area (Å²) in [6, 6.07) is 6.74. The SMILES string of the molecule is O=C(O)CC(c1ccc2c(c1)CC(C1CCCC(C3CCCCCC3)CC1)OC2)C1CC1. The Morgan fingerprint density at radius 2 is 1.53 bits per heavy atom. The maximum absolute atomic E-state index is 11.4. The van der Waals surface area contributed by atoms with E-state index in [1.165, 1.54) is 100 Å². The smallest absolute Gasteiger partial charge is 0.303 e. The Balaban J connectivity index is 1.23. The van der Waals surface area contributed by atoms with Crippen LogP contribution in [0.3, 0.4) is 0 Å². The maximum Gasteiger partial charge on any atom is 0.303 e. The molecule has 3 heteroatoms. The van der Waals surface area contributed by atoms with Gasteiger partial charge in [-0.1, -0.05) is 69.6 Å². The van der Waals surface area contributed by atoms with E-state index >= 15 is 0 Å². The quantitative estimate of drug-likeness (QED) is 0.475. The predicted octanol–water partition coefficient (Wildman–Crippen LogP) is 7.26. The van der Waals surface area contributed by atoms with Gasteiger partial charge in [0.2, 0.25) is 0 Å². The van der Waals surface area contributed by atoms with Crippen molar-refractivity contribution >= 4 is 5.97 Å². The zero-order valence-electron chi connectivity index (χ0n) is 19.8. The van der Waals surface area contributed by atoms with Crippen LogP contribution in [0.1, 0.15) is 112 Å². The zero-order chi connectivity index (χ0) is 21.9. The summed E-state index contributed by atoms with van der Waals surface area (Å²) in [5, 5.41) is 9.41. The first kappa shape index (κ1) is 22.4. The van der Waals surface area contributed by atoms with Crippen LogP contribution in [0.15, 0.2) is 18.2 Å². The van der Waals surface area contributed by atoms with E-state index in [0.717, 1.165) is 24.9 Å². The van der Waals surface area contributed by atoms with Crippen molar-refractivity contribution in [1.82, 2.24) is 0 Å². The Morgan fingerprint density at radius 1 is 0.844 bits per heavy atom. The van der Waals surface area contributed by atoms with E-state index in [0.29, 0.717) is 17.9 Å². The summed E-state index contributed by atoms with van der Waals surface area (Å²) in [7, 11) is 0. The van der Waals surface area contributed by atoms with Crippen molar-refractivity contribution in [2.75, 3.05) is 0 Å². The minimum absolute atomic E-state index is 0.192. The molecule has 0 amide bonds. The van der Waals surface area contributed by atoms with Gasteiger partial charge in [-0.05, 0) is 84.8 Å². The molecule has 5 rings (SSSR count). The highest BCUT2D eigenvalue weighted by Crippen LogP contribution is 2.45. The number of carboxylic acids is 1. The lowest BCUT2D eigenvalue weighted by atomic mass is 9.80. The number of carboxylic acid groups (broad SMARTS) is 1. The monoisotopic (exact) mass is 438 g/mol. The molecule has 3 fully saturated rings. The van der Waals surface area contributed by atoms with E-state index in [-0.39, 0.29) is 12.3 Å². The number of rotatable bonds is 6. The molecular weight excluding hydrogens is 396 g/mol. The van der Waals surface area contributed by atoms with Crippen LogP contribution in [0.5, 0.6) is 0 Å². The second kappa shape index (κ2) is 10.3. The van der Waals surface area contributed by atoms with Crippen molar-refractivity contribution < 1.29 is 14.6 Å². The number of ether oxygens (including phenoxy) is 1. The number of carbonyl (C=O) groups is 1.